The van der Waals surface area contributed by atoms with Crippen molar-refractivity contribution in [2.75, 3.05) is 5.43 Å². The van der Waals surface area contributed by atoms with Crippen LogP contribution in [-0.2, 0) is 10.1 Å². The molecule has 3 N–H and O–H groups in total. The zero-order valence-corrected chi connectivity index (χ0v) is 15.1. The zero-order valence-electron chi connectivity index (χ0n) is 12.3. The number of hydrogen-bond donors (Lipinski definition) is 3. The van der Waals surface area contributed by atoms with E-state index in [1.54, 1.807) is 0 Å². The maximum absolute atomic E-state index is 11.1. The van der Waals surface area contributed by atoms with Crippen molar-refractivity contribution in [3.05, 3.63) is 52.2 Å². The van der Waals surface area contributed by atoms with E-state index in [0.717, 1.165) is 18.3 Å². The van der Waals surface area contributed by atoms with E-state index in [4.69, 9.17) is 4.55 Å². The Morgan fingerprint density at radius 2 is 2.00 bits per heavy atom. The summed E-state index contributed by atoms with van der Waals surface area (Å²) in [5, 5.41) is 23.6. The van der Waals surface area contributed by atoms with Crippen molar-refractivity contribution in [1.82, 2.24) is 4.98 Å². The number of nitro groups is 1. The van der Waals surface area contributed by atoms with Gasteiger partial charge in [-0.05, 0) is 29.8 Å². The van der Waals surface area contributed by atoms with Crippen LogP contribution in [0.4, 0.5) is 11.5 Å². The van der Waals surface area contributed by atoms with Gasteiger partial charge in [0.2, 0.25) is 0 Å². The summed E-state index contributed by atoms with van der Waals surface area (Å²) in [6, 6.07) is 6.07. The molecule has 0 amide bonds. The molecule has 2 rings (SSSR count). The number of pyridine rings is 1. The second-order valence-electron chi connectivity index (χ2n) is 4.23. The molecule has 0 fully saturated rings. The van der Waals surface area contributed by atoms with Crippen LogP contribution in [0.1, 0.15) is 5.56 Å². The molecule has 0 aliphatic carbocycles. The normalized spacial score (nSPS) is 11.0. The summed E-state index contributed by atoms with van der Waals surface area (Å²) < 4.78 is 31.1. The Labute approximate surface area is 158 Å². The molecule has 0 spiro atoms. The third-order valence-electron chi connectivity index (χ3n) is 2.61. The quantitative estimate of drug-likeness (QED) is 0.189. The first kappa shape index (κ1) is 20.0. The number of phenolic OH excluding ortho intramolecular Hbond substituents is 1. The number of rotatable bonds is 5. The van der Waals surface area contributed by atoms with Gasteiger partial charge in [0, 0.05) is 6.07 Å². The molecule has 0 aliphatic heterocycles. The molecule has 2 aromatic rings. The van der Waals surface area contributed by atoms with Crippen LogP contribution in [0.25, 0.3) is 0 Å². The molecule has 0 saturated carbocycles. The smallest absolute Gasteiger partial charge is 0.506 e. The third kappa shape index (κ3) is 5.25. The average molecular weight is 361 g/mol. The molecule has 12 heteroatoms. The van der Waals surface area contributed by atoms with E-state index < -0.39 is 25.7 Å². The standard InChI is InChI=1S/C12H10N4O6S.Na/c17-10-3-1-8(5-11(10)23(20,21)22)6-14-15-12-4-2-9(7-13-12)16(18)19;/h1-7,17H,(H,13,15)(H,20,21,22);/q;+1/b14-6-;. The summed E-state index contributed by atoms with van der Waals surface area (Å²) in [5.41, 5.74) is 2.61. The molecular formula is C12H10N4NaO6S+. The molecule has 0 radical (unpaired) electrons. The summed E-state index contributed by atoms with van der Waals surface area (Å²) in [4.78, 5) is 13.0. The molecule has 120 valence electrons. The minimum atomic E-state index is -4.55. The van der Waals surface area contributed by atoms with E-state index >= 15 is 0 Å². The van der Waals surface area contributed by atoms with Crippen molar-refractivity contribution >= 4 is 27.8 Å². The van der Waals surface area contributed by atoms with Crippen molar-refractivity contribution < 1.29 is 52.6 Å². The van der Waals surface area contributed by atoms with Gasteiger partial charge in [0.25, 0.3) is 15.8 Å². The van der Waals surface area contributed by atoms with E-state index in [1.807, 2.05) is 0 Å². The van der Waals surface area contributed by atoms with Gasteiger partial charge in [-0.1, -0.05) is 0 Å². The van der Waals surface area contributed by atoms with Crippen LogP contribution in [0.15, 0.2) is 46.5 Å². The number of hydrogen-bond acceptors (Lipinski definition) is 8. The SMILES string of the molecule is O=[N+]([O-])c1ccc(N/N=C\c2ccc(O)c(S(=O)(=O)O)c2)nc1.[Na+]. The van der Waals surface area contributed by atoms with Gasteiger partial charge in [-0.25, -0.2) is 4.98 Å². The van der Waals surface area contributed by atoms with E-state index in [2.05, 4.69) is 15.5 Å². The van der Waals surface area contributed by atoms with Crippen LogP contribution in [0.5, 0.6) is 5.75 Å². The topological polar surface area (TPSA) is 155 Å². The number of anilines is 1. The Morgan fingerprint density at radius 3 is 2.54 bits per heavy atom. The number of phenols is 1. The van der Waals surface area contributed by atoms with E-state index in [0.29, 0.717) is 0 Å². The zero-order chi connectivity index (χ0) is 17.0. The summed E-state index contributed by atoms with van der Waals surface area (Å²) in [6.07, 6.45) is 2.27. The van der Waals surface area contributed by atoms with Gasteiger partial charge in [-0.15, -0.1) is 0 Å². The first-order valence-electron chi connectivity index (χ1n) is 5.97. The van der Waals surface area contributed by atoms with Gasteiger partial charge in [0.15, 0.2) is 0 Å². The monoisotopic (exact) mass is 361 g/mol. The second-order valence-corrected chi connectivity index (χ2v) is 5.62. The van der Waals surface area contributed by atoms with Crippen molar-refractivity contribution in [1.29, 1.82) is 0 Å². The largest absolute Gasteiger partial charge is 1.00 e. The predicted molar refractivity (Wildman–Crippen MR) is 80.0 cm³/mol. The van der Waals surface area contributed by atoms with Gasteiger partial charge in [-0.2, -0.15) is 13.5 Å². The molecule has 1 aromatic carbocycles. The predicted octanol–water partition coefficient (Wildman–Crippen LogP) is -1.61. The number of aromatic nitrogens is 1. The van der Waals surface area contributed by atoms with Gasteiger partial charge in [0.1, 0.15) is 22.7 Å². The summed E-state index contributed by atoms with van der Waals surface area (Å²) >= 11 is 0. The van der Waals surface area contributed by atoms with Gasteiger partial charge in [-0.3, -0.25) is 20.1 Å². The van der Waals surface area contributed by atoms with Crippen LogP contribution in [-0.4, -0.2) is 34.2 Å². The summed E-state index contributed by atoms with van der Waals surface area (Å²) in [6.45, 7) is 0. The Morgan fingerprint density at radius 1 is 1.29 bits per heavy atom. The van der Waals surface area contributed by atoms with Crippen molar-refractivity contribution in [2.45, 2.75) is 4.90 Å². The van der Waals surface area contributed by atoms with Crippen LogP contribution < -0.4 is 35.0 Å². The molecule has 24 heavy (non-hydrogen) atoms. The summed E-state index contributed by atoms with van der Waals surface area (Å²) in [5.74, 6) is -0.352. The van der Waals surface area contributed by atoms with Gasteiger partial charge in [0.05, 0.1) is 11.1 Å². The van der Waals surface area contributed by atoms with Crippen molar-refractivity contribution in [3.63, 3.8) is 0 Å². The van der Waals surface area contributed by atoms with Crippen LogP contribution in [0, 0.1) is 10.1 Å². The molecule has 0 saturated heterocycles. The molecule has 0 atom stereocenters. The van der Waals surface area contributed by atoms with E-state index in [-0.39, 0.29) is 46.6 Å². The second kappa shape index (κ2) is 8.17. The first-order chi connectivity index (χ1) is 10.8. The van der Waals surface area contributed by atoms with Crippen LogP contribution >= 0.6 is 0 Å². The maximum Gasteiger partial charge on any atom is 1.00 e. The first-order valence-corrected chi connectivity index (χ1v) is 7.41. The molecule has 10 nitrogen and oxygen atoms in total. The number of nitrogens with one attached hydrogen (secondary N) is 1. The fraction of sp³-hybridized carbons (Fsp3) is 0. The van der Waals surface area contributed by atoms with Gasteiger partial charge < -0.3 is 5.11 Å². The fourth-order valence-electron chi connectivity index (χ4n) is 1.55. The Hall–Kier alpha value is -2.05. The minimum Gasteiger partial charge on any atom is -0.506 e. The average Bonchev–Trinajstić information content (AvgIpc) is 2.48. The Bertz CT molecular complexity index is 870. The van der Waals surface area contributed by atoms with Crippen LogP contribution in [0.3, 0.4) is 0 Å². The minimum absolute atomic E-state index is 0. The molecular weight excluding hydrogens is 351 g/mol. The summed E-state index contributed by atoms with van der Waals surface area (Å²) in [7, 11) is -4.55. The maximum atomic E-state index is 11.1. The van der Waals surface area contributed by atoms with E-state index in [1.165, 1.54) is 24.4 Å². The van der Waals surface area contributed by atoms with E-state index in [9.17, 15) is 23.6 Å². The van der Waals surface area contributed by atoms with Gasteiger partial charge >= 0.3 is 29.6 Å². The number of hydrazone groups is 1. The number of benzene rings is 1. The molecule has 0 aliphatic rings. The number of nitrogens with zero attached hydrogens (tertiary/aromatic N) is 3. The number of aromatic hydroxyl groups is 1. The Balaban J connectivity index is 0.00000288. The van der Waals surface area contributed by atoms with Crippen molar-refractivity contribution in [3.8, 4) is 5.75 Å². The Kier molecular flexibility index (Phi) is 6.81. The molecule has 1 aromatic heterocycles. The fourth-order valence-corrected chi connectivity index (χ4v) is 2.17. The van der Waals surface area contributed by atoms with Crippen LogP contribution in [0.2, 0.25) is 0 Å². The molecule has 0 bridgehead atoms. The third-order valence-corrected chi connectivity index (χ3v) is 3.50. The van der Waals surface area contributed by atoms with Crippen molar-refractivity contribution in [2.24, 2.45) is 5.10 Å². The molecule has 1 heterocycles. The molecule has 0 unspecified atom stereocenters.